The van der Waals surface area contributed by atoms with E-state index in [9.17, 15) is 8.42 Å². The third kappa shape index (κ3) is 4.06. The van der Waals surface area contributed by atoms with Crippen molar-refractivity contribution in [3.05, 3.63) is 54.5 Å². The van der Waals surface area contributed by atoms with Crippen LogP contribution in [-0.4, -0.2) is 52.6 Å². The highest BCUT2D eigenvalue weighted by molar-refractivity contribution is 7.90. The Kier molecular flexibility index (Phi) is 5.37. The minimum absolute atomic E-state index is 0.244. The number of pyridine rings is 1. The fourth-order valence-electron chi connectivity index (χ4n) is 4.56. The molecule has 6 rings (SSSR count). The predicted molar refractivity (Wildman–Crippen MR) is 141 cm³/mol. The molecule has 1 saturated carbocycles. The summed E-state index contributed by atoms with van der Waals surface area (Å²) < 4.78 is 28.2. The van der Waals surface area contributed by atoms with Crippen LogP contribution in [0.3, 0.4) is 0 Å². The van der Waals surface area contributed by atoms with E-state index in [0.29, 0.717) is 35.9 Å². The van der Waals surface area contributed by atoms with Crippen molar-refractivity contribution in [2.24, 2.45) is 0 Å². The van der Waals surface area contributed by atoms with Gasteiger partial charge in [-0.3, -0.25) is 5.10 Å². The first-order chi connectivity index (χ1) is 17.7. The van der Waals surface area contributed by atoms with Crippen molar-refractivity contribution >= 4 is 32.6 Å². The number of aromatic amines is 1. The highest BCUT2D eigenvalue weighted by atomic mass is 32.2. The zero-order chi connectivity index (χ0) is 25.9. The molecule has 0 saturated heterocycles. The topological polar surface area (TPSA) is 136 Å². The normalized spacial score (nSPS) is 14.1. The lowest BCUT2D eigenvalue weighted by Crippen LogP contribution is -2.17. The van der Waals surface area contributed by atoms with E-state index in [0.717, 1.165) is 37.5 Å². The molecule has 37 heavy (non-hydrogen) atoms. The molecule has 0 aliphatic heterocycles. The van der Waals surface area contributed by atoms with E-state index < -0.39 is 10.0 Å². The fraction of sp³-hybridized carbons (Fsp3) is 0.320. The number of nitrogens with zero attached hydrogens (tertiary/aromatic N) is 7. The molecule has 11 nitrogen and oxygen atoms in total. The first-order valence-electron chi connectivity index (χ1n) is 12.1. The van der Waals surface area contributed by atoms with Gasteiger partial charge in [0.05, 0.1) is 34.4 Å². The monoisotopic (exact) mass is 517 g/mol. The first-order valence-corrected chi connectivity index (χ1v) is 13.6. The zero-order valence-electron chi connectivity index (χ0n) is 21.0. The van der Waals surface area contributed by atoms with Crippen LogP contribution in [0.4, 0.5) is 11.6 Å². The molecule has 0 bridgehead atoms. The SMILES string of the molecule is Cc1n[nH]c(C)c1-c1cn(C(C)C)c2cc(Nc3ccnc(-c4cnn(S(=O)(=O)C5CC5)c4)n3)ncc12. The second kappa shape index (κ2) is 8.51. The summed E-state index contributed by atoms with van der Waals surface area (Å²) in [5, 5.41) is 15.4. The van der Waals surface area contributed by atoms with Crippen LogP contribution in [0.2, 0.25) is 0 Å². The quantitative estimate of drug-likeness (QED) is 0.325. The van der Waals surface area contributed by atoms with Gasteiger partial charge in [-0.1, -0.05) is 0 Å². The number of fused-ring (bicyclic) bond motifs is 1. The molecule has 190 valence electrons. The van der Waals surface area contributed by atoms with Crippen molar-refractivity contribution in [3.8, 4) is 22.5 Å². The average Bonchev–Trinajstić information content (AvgIpc) is 3.37. The van der Waals surface area contributed by atoms with E-state index in [4.69, 9.17) is 0 Å². The van der Waals surface area contributed by atoms with Crippen molar-refractivity contribution < 1.29 is 8.42 Å². The molecule has 0 atom stereocenters. The summed E-state index contributed by atoms with van der Waals surface area (Å²) in [5.74, 6) is 1.55. The van der Waals surface area contributed by atoms with E-state index in [1.165, 1.54) is 12.4 Å². The summed E-state index contributed by atoms with van der Waals surface area (Å²) >= 11 is 0. The Balaban J connectivity index is 1.33. The molecule has 5 heterocycles. The van der Waals surface area contributed by atoms with Gasteiger partial charge in [-0.25, -0.2) is 23.4 Å². The lowest BCUT2D eigenvalue weighted by Gasteiger charge is -2.10. The molecular weight excluding hydrogens is 490 g/mol. The third-order valence-corrected chi connectivity index (χ3v) is 8.64. The molecule has 0 amide bonds. The maximum atomic E-state index is 12.5. The standard InChI is InChI=1S/C25H27N9O2S/c1-14(2)33-13-20(24-15(3)31-32-16(24)4)19-11-27-23(9-21(19)33)29-22-7-8-26-25(30-22)17-10-28-34(12-17)37(35,36)18-5-6-18/h7-14,18H,5-6H2,1-4H3,(H,31,32)(H,26,27,29,30). The molecule has 0 spiro atoms. The highest BCUT2D eigenvalue weighted by Gasteiger charge is 2.37. The lowest BCUT2D eigenvalue weighted by molar-refractivity contribution is 0.578. The van der Waals surface area contributed by atoms with Gasteiger partial charge in [-0.05, 0) is 46.6 Å². The summed E-state index contributed by atoms with van der Waals surface area (Å²) in [6.07, 6.45) is 9.93. The van der Waals surface area contributed by atoms with Crippen LogP contribution < -0.4 is 5.32 Å². The van der Waals surface area contributed by atoms with Gasteiger partial charge in [0.2, 0.25) is 0 Å². The molecular formula is C25H27N9O2S. The average molecular weight is 518 g/mol. The Hall–Kier alpha value is -4.06. The second-order valence-corrected chi connectivity index (χ2v) is 11.7. The minimum Gasteiger partial charge on any atom is -0.344 e. The van der Waals surface area contributed by atoms with Gasteiger partial charge in [-0.15, -0.1) is 0 Å². The molecule has 5 aromatic heterocycles. The van der Waals surface area contributed by atoms with E-state index in [1.807, 2.05) is 26.1 Å². The van der Waals surface area contributed by atoms with Gasteiger partial charge in [0.25, 0.3) is 10.0 Å². The van der Waals surface area contributed by atoms with Crippen LogP contribution in [0.5, 0.6) is 0 Å². The van der Waals surface area contributed by atoms with Crippen LogP contribution >= 0.6 is 0 Å². The van der Waals surface area contributed by atoms with Crippen LogP contribution in [0, 0.1) is 13.8 Å². The van der Waals surface area contributed by atoms with E-state index in [-0.39, 0.29) is 11.3 Å². The largest absolute Gasteiger partial charge is 0.344 e. The summed E-state index contributed by atoms with van der Waals surface area (Å²) in [6, 6.07) is 3.99. The number of hydrogen-bond donors (Lipinski definition) is 2. The van der Waals surface area contributed by atoms with Crippen molar-refractivity contribution in [1.29, 1.82) is 0 Å². The number of aryl methyl sites for hydroxylation is 2. The van der Waals surface area contributed by atoms with Crippen LogP contribution in [0.15, 0.2) is 43.1 Å². The van der Waals surface area contributed by atoms with Crippen molar-refractivity contribution in [3.63, 3.8) is 0 Å². The predicted octanol–water partition coefficient (Wildman–Crippen LogP) is 4.36. The summed E-state index contributed by atoms with van der Waals surface area (Å²) in [6.45, 7) is 8.31. The van der Waals surface area contributed by atoms with E-state index in [2.05, 4.69) is 60.2 Å². The minimum atomic E-state index is -3.45. The molecule has 0 unspecified atom stereocenters. The number of nitrogens with one attached hydrogen (secondary N) is 2. The van der Waals surface area contributed by atoms with Crippen molar-refractivity contribution in [1.82, 2.24) is 38.9 Å². The number of hydrogen-bond acceptors (Lipinski definition) is 8. The highest BCUT2D eigenvalue weighted by Crippen LogP contribution is 2.36. The van der Waals surface area contributed by atoms with Crippen molar-refractivity contribution in [2.45, 2.75) is 51.8 Å². The zero-order valence-corrected chi connectivity index (χ0v) is 21.8. The maximum Gasteiger partial charge on any atom is 0.256 e. The van der Waals surface area contributed by atoms with E-state index >= 15 is 0 Å². The van der Waals surface area contributed by atoms with Crippen LogP contribution in [0.25, 0.3) is 33.4 Å². The Bertz CT molecular complexity index is 1720. The number of H-pyrrole nitrogens is 1. The summed E-state index contributed by atoms with van der Waals surface area (Å²) in [4.78, 5) is 13.5. The van der Waals surface area contributed by atoms with Crippen LogP contribution in [-0.2, 0) is 10.0 Å². The maximum absolute atomic E-state index is 12.5. The molecule has 12 heteroatoms. The third-order valence-electron chi connectivity index (χ3n) is 6.61. The Morgan fingerprint density at radius 2 is 1.92 bits per heavy atom. The van der Waals surface area contributed by atoms with Gasteiger partial charge in [0, 0.05) is 52.9 Å². The number of rotatable bonds is 7. The number of anilines is 2. The second-order valence-electron chi connectivity index (χ2n) is 9.68. The molecule has 5 aromatic rings. The Morgan fingerprint density at radius 3 is 2.62 bits per heavy atom. The first kappa shape index (κ1) is 23.3. The van der Waals surface area contributed by atoms with Gasteiger partial charge < -0.3 is 9.88 Å². The van der Waals surface area contributed by atoms with Gasteiger partial charge in [0.1, 0.15) is 11.6 Å². The lowest BCUT2D eigenvalue weighted by atomic mass is 10.0. The molecule has 2 N–H and O–H groups in total. The van der Waals surface area contributed by atoms with Crippen LogP contribution in [0.1, 0.15) is 44.1 Å². The van der Waals surface area contributed by atoms with Crippen molar-refractivity contribution in [2.75, 3.05) is 5.32 Å². The molecule has 1 aliphatic rings. The number of aromatic nitrogens is 8. The molecule has 1 aliphatic carbocycles. The Morgan fingerprint density at radius 1 is 1.11 bits per heavy atom. The summed E-state index contributed by atoms with van der Waals surface area (Å²) in [5.41, 5.74) is 5.72. The van der Waals surface area contributed by atoms with Gasteiger partial charge in [0.15, 0.2) is 5.82 Å². The smallest absolute Gasteiger partial charge is 0.256 e. The Labute approximate surface area is 214 Å². The molecule has 0 aromatic carbocycles. The molecule has 0 radical (unpaired) electrons. The fourth-order valence-corrected chi connectivity index (χ4v) is 6.04. The van der Waals surface area contributed by atoms with Gasteiger partial charge >= 0.3 is 0 Å². The van der Waals surface area contributed by atoms with Gasteiger partial charge in [-0.2, -0.15) is 14.3 Å². The van der Waals surface area contributed by atoms with E-state index in [1.54, 1.807) is 12.3 Å². The molecule has 1 fully saturated rings. The summed E-state index contributed by atoms with van der Waals surface area (Å²) in [7, 11) is -3.45.